The molecule has 0 spiro atoms. The molecular formula is C15H14O3S2. The van der Waals surface area contributed by atoms with Gasteiger partial charge in [-0.25, -0.2) is 0 Å². The van der Waals surface area contributed by atoms with Crippen LogP contribution in [0.15, 0.2) is 40.7 Å². The van der Waals surface area contributed by atoms with Gasteiger partial charge >= 0.3 is 0 Å². The first kappa shape index (κ1) is 13.5. The van der Waals surface area contributed by atoms with Crippen molar-refractivity contribution >= 4 is 27.2 Å². The fraction of sp³-hybridized carbons (Fsp3) is 0.333. The summed E-state index contributed by atoms with van der Waals surface area (Å²) >= 11 is 0. The van der Waals surface area contributed by atoms with E-state index in [1.54, 1.807) is 10.3 Å². The molecule has 104 valence electrons. The van der Waals surface area contributed by atoms with Crippen molar-refractivity contribution in [2.45, 2.75) is 25.4 Å². The molecule has 0 aromatic carbocycles. The predicted octanol–water partition coefficient (Wildman–Crippen LogP) is 3.18. The van der Waals surface area contributed by atoms with E-state index < -0.39 is 0 Å². The Bertz CT molecular complexity index is 663. The van der Waals surface area contributed by atoms with Crippen molar-refractivity contribution < 1.29 is 9.53 Å². The molecule has 2 aliphatic rings. The molecule has 1 heterocycles. The van der Waals surface area contributed by atoms with E-state index in [1.807, 2.05) is 31.2 Å². The van der Waals surface area contributed by atoms with Crippen LogP contribution in [0, 0.1) is 12.8 Å². The molecule has 1 fully saturated rings. The highest BCUT2D eigenvalue weighted by Crippen LogP contribution is 2.54. The van der Waals surface area contributed by atoms with Crippen LogP contribution in [0.1, 0.15) is 22.8 Å². The van der Waals surface area contributed by atoms with Crippen molar-refractivity contribution in [3.8, 4) is 0 Å². The van der Waals surface area contributed by atoms with E-state index in [2.05, 4.69) is 6.08 Å². The standard InChI is InChI=1S/C15H14O3S2/c1-9-14(19-20-15(9)17)13-7-12(13)10-3-2-4-11(6-5-10)18-8-16/h2-6,8,11-13H,7H2,1H3. The van der Waals surface area contributed by atoms with Crippen LogP contribution in [-0.4, -0.2) is 12.6 Å². The van der Waals surface area contributed by atoms with Gasteiger partial charge in [0, 0.05) is 16.4 Å². The van der Waals surface area contributed by atoms with Gasteiger partial charge in [0.05, 0.1) is 0 Å². The van der Waals surface area contributed by atoms with Crippen LogP contribution in [-0.2, 0) is 9.53 Å². The van der Waals surface area contributed by atoms with Gasteiger partial charge in [-0.05, 0) is 47.3 Å². The van der Waals surface area contributed by atoms with Crippen molar-refractivity contribution in [1.82, 2.24) is 0 Å². The summed E-state index contributed by atoms with van der Waals surface area (Å²) in [6, 6.07) is 0. The van der Waals surface area contributed by atoms with Crippen LogP contribution in [0.2, 0.25) is 0 Å². The number of hydrogen-bond acceptors (Lipinski definition) is 5. The van der Waals surface area contributed by atoms with Gasteiger partial charge in [0.25, 0.3) is 6.47 Å². The first-order valence-electron chi connectivity index (χ1n) is 6.46. The molecule has 0 aliphatic heterocycles. The minimum atomic E-state index is -0.280. The highest BCUT2D eigenvalue weighted by molar-refractivity contribution is 7.68. The van der Waals surface area contributed by atoms with Crippen molar-refractivity contribution in [3.05, 3.63) is 55.9 Å². The Morgan fingerprint density at radius 3 is 2.85 bits per heavy atom. The van der Waals surface area contributed by atoms with Gasteiger partial charge in [0.15, 0.2) is 0 Å². The van der Waals surface area contributed by atoms with Gasteiger partial charge in [0.1, 0.15) is 6.10 Å². The van der Waals surface area contributed by atoms with Gasteiger partial charge in [-0.3, -0.25) is 9.59 Å². The predicted molar refractivity (Wildman–Crippen MR) is 81.4 cm³/mol. The zero-order chi connectivity index (χ0) is 14.1. The fourth-order valence-electron chi connectivity index (χ4n) is 2.51. The van der Waals surface area contributed by atoms with Crippen LogP contribution >= 0.6 is 20.7 Å². The van der Waals surface area contributed by atoms with E-state index in [4.69, 9.17) is 4.74 Å². The van der Waals surface area contributed by atoms with Crippen LogP contribution in [0.3, 0.4) is 0 Å². The summed E-state index contributed by atoms with van der Waals surface area (Å²) in [6.07, 6.45) is 10.6. The number of rotatable bonds is 4. The average molecular weight is 306 g/mol. The van der Waals surface area contributed by atoms with Crippen molar-refractivity contribution in [1.29, 1.82) is 0 Å². The molecule has 0 N–H and O–H groups in total. The van der Waals surface area contributed by atoms with E-state index in [0.29, 0.717) is 18.3 Å². The third-order valence-corrected chi connectivity index (χ3v) is 6.29. The molecular weight excluding hydrogens is 292 g/mol. The number of allylic oxidation sites excluding steroid dienone is 4. The molecule has 2 aliphatic carbocycles. The van der Waals surface area contributed by atoms with Gasteiger partial charge in [-0.2, -0.15) is 0 Å². The second-order valence-electron chi connectivity index (χ2n) is 5.00. The highest BCUT2D eigenvalue weighted by Gasteiger charge is 2.42. The van der Waals surface area contributed by atoms with E-state index >= 15 is 0 Å². The third-order valence-electron chi connectivity index (χ3n) is 3.72. The number of hydrogen-bond donors (Lipinski definition) is 0. The maximum atomic E-state index is 11.6. The molecule has 3 unspecified atom stereocenters. The molecule has 5 heteroatoms. The summed E-state index contributed by atoms with van der Waals surface area (Å²) < 4.78 is 5.11. The van der Waals surface area contributed by atoms with Crippen molar-refractivity contribution in [3.63, 3.8) is 0 Å². The molecule has 3 nitrogen and oxygen atoms in total. The summed E-state index contributed by atoms with van der Waals surface area (Å²) in [5.74, 6) is 0.960. The molecule has 0 saturated heterocycles. The lowest BCUT2D eigenvalue weighted by Gasteiger charge is -2.03. The minimum Gasteiger partial charge on any atom is -0.456 e. The quantitative estimate of drug-likeness (QED) is 0.634. The fourth-order valence-corrected chi connectivity index (χ4v) is 5.19. The molecule has 1 saturated carbocycles. The minimum absolute atomic E-state index is 0.195. The lowest BCUT2D eigenvalue weighted by molar-refractivity contribution is -0.129. The second-order valence-corrected chi connectivity index (χ2v) is 7.14. The molecule has 0 amide bonds. The third kappa shape index (κ3) is 2.55. The van der Waals surface area contributed by atoms with Crippen molar-refractivity contribution in [2.24, 2.45) is 5.92 Å². The molecule has 3 atom stereocenters. The Morgan fingerprint density at radius 1 is 1.30 bits per heavy atom. The number of ether oxygens (including phenoxy) is 1. The highest BCUT2D eigenvalue weighted by atomic mass is 32.9. The summed E-state index contributed by atoms with van der Waals surface area (Å²) in [5, 5.41) is 0. The Balaban J connectivity index is 1.74. The first-order chi connectivity index (χ1) is 9.70. The molecule has 0 bridgehead atoms. The Kier molecular flexibility index (Phi) is 3.72. The normalized spacial score (nSPS) is 27.9. The van der Waals surface area contributed by atoms with Crippen LogP contribution < -0.4 is 4.74 Å². The first-order valence-corrected chi connectivity index (χ1v) is 8.61. The molecule has 3 rings (SSSR count). The Labute approximate surface area is 124 Å². The largest absolute Gasteiger partial charge is 0.456 e. The van der Waals surface area contributed by atoms with E-state index in [9.17, 15) is 9.59 Å². The Hall–Kier alpha value is -1.46. The smallest absolute Gasteiger partial charge is 0.293 e. The number of carbonyl (C=O) groups excluding carboxylic acids is 1. The zero-order valence-electron chi connectivity index (χ0n) is 10.9. The number of carbonyl (C=O) groups is 1. The lowest BCUT2D eigenvalue weighted by Crippen LogP contribution is -2.03. The maximum absolute atomic E-state index is 11.6. The summed E-state index contributed by atoms with van der Waals surface area (Å²) in [5.41, 5.74) is 2.16. The molecule has 1 aromatic heterocycles. The summed E-state index contributed by atoms with van der Waals surface area (Å²) in [4.78, 5) is 23.2. The zero-order valence-corrected chi connectivity index (χ0v) is 12.6. The molecule has 20 heavy (non-hydrogen) atoms. The van der Waals surface area contributed by atoms with Gasteiger partial charge < -0.3 is 4.74 Å². The van der Waals surface area contributed by atoms with Gasteiger partial charge in [-0.1, -0.05) is 28.6 Å². The van der Waals surface area contributed by atoms with Crippen LogP contribution in [0.5, 0.6) is 0 Å². The second kappa shape index (κ2) is 5.50. The van der Waals surface area contributed by atoms with Crippen LogP contribution in [0.4, 0.5) is 0 Å². The summed E-state index contributed by atoms with van der Waals surface area (Å²) in [6.45, 7) is 2.39. The lowest BCUT2D eigenvalue weighted by atomic mass is 10.1. The summed E-state index contributed by atoms with van der Waals surface area (Å²) in [7, 11) is 2.95. The molecule has 0 radical (unpaired) electrons. The van der Waals surface area contributed by atoms with E-state index in [1.165, 1.54) is 20.8 Å². The van der Waals surface area contributed by atoms with E-state index in [0.717, 1.165) is 12.0 Å². The topological polar surface area (TPSA) is 43.4 Å². The monoisotopic (exact) mass is 306 g/mol. The van der Waals surface area contributed by atoms with Gasteiger partial charge in [-0.15, -0.1) is 0 Å². The molecule has 1 aromatic rings. The Morgan fingerprint density at radius 2 is 2.15 bits per heavy atom. The maximum Gasteiger partial charge on any atom is 0.293 e. The van der Waals surface area contributed by atoms with Gasteiger partial charge in [0.2, 0.25) is 4.74 Å². The SMILES string of the molecule is Cc1c(C2CC2C2=CC=CC(OC=O)C=C2)ssc1=O. The van der Waals surface area contributed by atoms with E-state index in [-0.39, 0.29) is 10.8 Å². The average Bonchev–Trinajstić information content (AvgIpc) is 3.17. The van der Waals surface area contributed by atoms with Crippen LogP contribution in [0.25, 0.3) is 0 Å². The van der Waals surface area contributed by atoms with Crippen molar-refractivity contribution in [2.75, 3.05) is 0 Å².